The maximum atomic E-state index is 12.2. The lowest BCUT2D eigenvalue weighted by Gasteiger charge is -2.34. The van der Waals surface area contributed by atoms with Gasteiger partial charge in [0.1, 0.15) is 18.1 Å². The molecule has 0 aliphatic carbocycles. The zero-order valence-corrected chi connectivity index (χ0v) is 13.3. The molecule has 1 N–H and O–H groups in total. The summed E-state index contributed by atoms with van der Waals surface area (Å²) in [6.07, 6.45) is 1.91. The number of carbonyl (C=O) groups is 1. The summed E-state index contributed by atoms with van der Waals surface area (Å²) in [5.74, 6) is 5.40. The standard InChI is InChI=1S/C14H18N4O4S/c19-13-17(20)7-3-4-12-23(21,22)18-10-8-16(9-11-18)14-5-1-2-6-15-14/h1-2,5-6,13,20H,7-12H2. The smallest absolute Gasteiger partial charge is 0.234 e. The van der Waals surface area contributed by atoms with Crippen LogP contribution in [0.4, 0.5) is 5.82 Å². The van der Waals surface area contributed by atoms with Gasteiger partial charge >= 0.3 is 0 Å². The normalized spacial score (nSPS) is 15.6. The van der Waals surface area contributed by atoms with Gasteiger partial charge in [-0.3, -0.25) is 10.0 Å². The predicted octanol–water partition coefficient (Wildman–Crippen LogP) is -0.616. The fourth-order valence-electron chi connectivity index (χ4n) is 2.14. The molecule has 1 aliphatic rings. The molecular weight excluding hydrogens is 320 g/mol. The highest BCUT2D eigenvalue weighted by Gasteiger charge is 2.26. The molecule has 9 heteroatoms. The summed E-state index contributed by atoms with van der Waals surface area (Å²) in [5, 5.41) is 9.22. The van der Waals surface area contributed by atoms with Crippen molar-refractivity contribution in [1.82, 2.24) is 14.4 Å². The number of hydrogen-bond donors (Lipinski definition) is 1. The Morgan fingerprint density at radius 3 is 2.61 bits per heavy atom. The van der Waals surface area contributed by atoms with Gasteiger partial charge in [0.15, 0.2) is 0 Å². The van der Waals surface area contributed by atoms with E-state index < -0.39 is 10.0 Å². The first kappa shape index (κ1) is 17.2. The maximum absolute atomic E-state index is 12.2. The van der Waals surface area contributed by atoms with Crippen LogP contribution in [0, 0.1) is 11.8 Å². The van der Waals surface area contributed by atoms with Gasteiger partial charge in [-0.05, 0) is 12.1 Å². The minimum atomic E-state index is -3.47. The van der Waals surface area contributed by atoms with E-state index in [4.69, 9.17) is 5.21 Å². The van der Waals surface area contributed by atoms with Gasteiger partial charge < -0.3 is 4.90 Å². The number of hydrogen-bond acceptors (Lipinski definition) is 6. The molecule has 0 unspecified atom stereocenters. The number of pyridine rings is 1. The molecule has 1 aromatic rings. The van der Waals surface area contributed by atoms with E-state index in [9.17, 15) is 13.2 Å². The number of aromatic nitrogens is 1. The van der Waals surface area contributed by atoms with Crippen LogP contribution >= 0.6 is 0 Å². The van der Waals surface area contributed by atoms with E-state index in [2.05, 4.69) is 16.8 Å². The molecule has 0 saturated carbocycles. The molecule has 0 bridgehead atoms. The molecule has 8 nitrogen and oxygen atoms in total. The van der Waals surface area contributed by atoms with Crippen molar-refractivity contribution in [3.63, 3.8) is 0 Å². The van der Waals surface area contributed by atoms with Crippen molar-refractivity contribution in [3.05, 3.63) is 24.4 Å². The van der Waals surface area contributed by atoms with Crippen molar-refractivity contribution < 1.29 is 18.4 Å². The number of anilines is 1. The van der Waals surface area contributed by atoms with Crippen molar-refractivity contribution in [2.24, 2.45) is 0 Å². The van der Waals surface area contributed by atoms with Crippen molar-refractivity contribution in [2.45, 2.75) is 0 Å². The summed E-state index contributed by atoms with van der Waals surface area (Å²) >= 11 is 0. The van der Waals surface area contributed by atoms with Crippen LogP contribution < -0.4 is 4.90 Å². The third-order valence-electron chi connectivity index (χ3n) is 3.35. The van der Waals surface area contributed by atoms with Crippen molar-refractivity contribution in [2.75, 3.05) is 43.4 Å². The van der Waals surface area contributed by atoms with Crippen molar-refractivity contribution >= 4 is 22.3 Å². The molecule has 0 spiro atoms. The van der Waals surface area contributed by atoms with Gasteiger partial charge in [-0.1, -0.05) is 17.9 Å². The molecule has 0 radical (unpaired) electrons. The molecule has 124 valence electrons. The highest BCUT2D eigenvalue weighted by molar-refractivity contribution is 7.89. The SMILES string of the molecule is O=CN(O)CC#CCS(=O)(=O)N1CCN(c2ccccn2)CC1. The zero-order chi connectivity index (χ0) is 16.7. The molecule has 23 heavy (non-hydrogen) atoms. The van der Waals surface area contributed by atoms with Gasteiger partial charge in [0.2, 0.25) is 16.4 Å². The summed E-state index contributed by atoms with van der Waals surface area (Å²) < 4.78 is 25.8. The van der Waals surface area contributed by atoms with Crippen LogP contribution in [0.2, 0.25) is 0 Å². The van der Waals surface area contributed by atoms with Crippen LogP contribution in [0.15, 0.2) is 24.4 Å². The average molecular weight is 338 g/mol. The van der Waals surface area contributed by atoms with Gasteiger partial charge in [-0.25, -0.2) is 18.5 Å². The fraction of sp³-hybridized carbons (Fsp3) is 0.429. The number of rotatable bonds is 5. The molecule has 2 heterocycles. The number of carbonyl (C=O) groups excluding carboxylic acids is 1. The Bertz CT molecular complexity index is 676. The van der Waals surface area contributed by atoms with E-state index in [1.807, 2.05) is 23.1 Å². The van der Waals surface area contributed by atoms with Crippen molar-refractivity contribution in [3.8, 4) is 11.8 Å². The molecule has 1 saturated heterocycles. The first-order valence-electron chi connectivity index (χ1n) is 7.03. The molecular formula is C14H18N4O4S. The van der Waals surface area contributed by atoms with Crippen molar-refractivity contribution in [1.29, 1.82) is 0 Å². The molecule has 1 fully saturated rings. The van der Waals surface area contributed by atoms with E-state index in [1.54, 1.807) is 6.20 Å². The monoisotopic (exact) mass is 338 g/mol. The Labute approximate surface area is 135 Å². The molecule has 1 aromatic heterocycles. The Morgan fingerprint density at radius 1 is 1.26 bits per heavy atom. The first-order valence-corrected chi connectivity index (χ1v) is 8.64. The summed E-state index contributed by atoms with van der Waals surface area (Å²) in [7, 11) is -3.47. The second-order valence-corrected chi connectivity index (χ2v) is 6.86. The maximum Gasteiger partial charge on any atom is 0.234 e. The molecule has 0 aromatic carbocycles. The Balaban J connectivity index is 1.87. The van der Waals surface area contributed by atoms with Crippen LogP contribution in [-0.2, 0) is 14.8 Å². The Kier molecular flexibility index (Phi) is 5.92. The predicted molar refractivity (Wildman–Crippen MR) is 84.1 cm³/mol. The lowest BCUT2D eigenvalue weighted by Crippen LogP contribution is -2.49. The highest BCUT2D eigenvalue weighted by Crippen LogP contribution is 2.14. The Morgan fingerprint density at radius 2 is 2.00 bits per heavy atom. The van der Waals surface area contributed by atoms with Crippen LogP contribution in [0.25, 0.3) is 0 Å². The van der Waals surface area contributed by atoms with E-state index in [0.29, 0.717) is 31.2 Å². The van der Waals surface area contributed by atoms with E-state index in [1.165, 1.54) is 4.31 Å². The fourth-order valence-corrected chi connectivity index (χ4v) is 3.33. The summed E-state index contributed by atoms with van der Waals surface area (Å²) in [4.78, 5) is 16.4. The molecule has 1 aliphatic heterocycles. The van der Waals surface area contributed by atoms with Crippen LogP contribution in [-0.4, -0.2) is 72.9 Å². The minimum Gasteiger partial charge on any atom is -0.354 e. The number of piperazine rings is 1. The van der Waals surface area contributed by atoms with Gasteiger partial charge in [-0.15, -0.1) is 0 Å². The number of hydroxylamine groups is 2. The van der Waals surface area contributed by atoms with E-state index in [-0.39, 0.29) is 18.7 Å². The number of amides is 1. The van der Waals surface area contributed by atoms with Gasteiger partial charge in [0, 0.05) is 32.4 Å². The second kappa shape index (κ2) is 7.92. The van der Waals surface area contributed by atoms with E-state index >= 15 is 0 Å². The van der Waals surface area contributed by atoms with Crippen LogP contribution in [0.1, 0.15) is 0 Å². The molecule has 2 rings (SSSR count). The summed E-state index contributed by atoms with van der Waals surface area (Å²) in [5.41, 5.74) is 0. The largest absolute Gasteiger partial charge is 0.354 e. The third kappa shape index (κ3) is 4.92. The summed E-state index contributed by atoms with van der Waals surface area (Å²) in [6.45, 7) is 1.67. The highest BCUT2D eigenvalue weighted by atomic mass is 32.2. The van der Waals surface area contributed by atoms with Gasteiger partial charge in [-0.2, -0.15) is 4.31 Å². The first-order chi connectivity index (χ1) is 11.0. The number of nitrogens with zero attached hydrogens (tertiary/aromatic N) is 4. The van der Waals surface area contributed by atoms with E-state index in [0.717, 1.165) is 5.82 Å². The third-order valence-corrected chi connectivity index (χ3v) is 5.01. The van der Waals surface area contributed by atoms with Crippen LogP contribution in [0.5, 0.6) is 0 Å². The lowest BCUT2D eigenvalue weighted by molar-refractivity contribution is -0.146. The topological polar surface area (TPSA) is 94.0 Å². The molecule has 1 amide bonds. The average Bonchev–Trinajstić information content (AvgIpc) is 2.59. The minimum absolute atomic E-state index is 0.208. The van der Waals surface area contributed by atoms with Gasteiger partial charge in [0.25, 0.3) is 0 Å². The zero-order valence-electron chi connectivity index (χ0n) is 12.5. The number of sulfonamides is 1. The Hall–Kier alpha value is -2.15. The second-order valence-electron chi connectivity index (χ2n) is 4.89. The summed E-state index contributed by atoms with van der Waals surface area (Å²) in [6, 6.07) is 5.62. The molecule has 0 atom stereocenters. The van der Waals surface area contributed by atoms with Crippen LogP contribution in [0.3, 0.4) is 0 Å². The quantitative estimate of drug-likeness (QED) is 0.333. The van der Waals surface area contributed by atoms with Gasteiger partial charge in [0.05, 0.1) is 0 Å². The lowest BCUT2D eigenvalue weighted by atomic mass is 10.3.